The normalized spacial score (nSPS) is 17.9. The second-order valence-corrected chi connectivity index (χ2v) is 3.22. The number of nitrogens with two attached hydrogens (primary N) is 1. The predicted molar refractivity (Wildman–Crippen MR) is 55.3 cm³/mol. The highest BCUT2D eigenvalue weighted by Gasteiger charge is 2.20. The van der Waals surface area contributed by atoms with E-state index in [-0.39, 0.29) is 5.78 Å². The van der Waals surface area contributed by atoms with Gasteiger partial charge in [-0.15, -0.1) is 0 Å². The zero-order chi connectivity index (χ0) is 10.1. The molecule has 3 heteroatoms. The van der Waals surface area contributed by atoms with E-state index in [0.717, 1.165) is 5.56 Å². The Morgan fingerprint density at radius 2 is 1.86 bits per heavy atom. The van der Waals surface area contributed by atoms with Gasteiger partial charge in [0, 0.05) is 11.1 Å². The van der Waals surface area contributed by atoms with Gasteiger partial charge in [0.15, 0.2) is 5.78 Å². The van der Waals surface area contributed by atoms with Crippen molar-refractivity contribution in [3.63, 3.8) is 0 Å². The van der Waals surface area contributed by atoms with Gasteiger partial charge in [0.2, 0.25) is 0 Å². The summed E-state index contributed by atoms with van der Waals surface area (Å²) in [7, 11) is 0. The highest BCUT2D eigenvalue weighted by atomic mass is 16.1. The van der Waals surface area contributed by atoms with Crippen LogP contribution in [-0.4, -0.2) is 11.5 Å². The van der Waals surface area contributed by atoms with E-state index in [0.29, 0.717) is 16.8 Å². The molecule has 3 nitrogen and oxygen atoms in total. The first-order chi connectivity index (χ1) is 6.74. The molecule has 1 aliphatic rings. The van der Waals surface area contributed by atoms with Gasteiger partial charge in [-0.1, -0.05) is 24.3 Å². The molecule has 0 aromatic heterocycles. The molecule has 70 valence electrons. The van der Waals surface area contributed by atoms with E-state index in [4.69, 9.17) is 5.84 Å². The lowest BCUT2D eigenvalue weighted by atomic mass is 9.90. The third-order valence-corrected chi connectivity index (χ3v) is 2.30. The van der Waals surface area contributed by atoms with Gasteiger partial charge >= 0.3 is 0 Å². The number of rotatable bonds is 0. The molecule has 0 radical (unpaired) electrons. The summed E-state index contributed by atoms with van der Waals surface area (Å²) in [5.41, 5.74) is 2.83. The van der Waals surface area contributed by atoms with E-state index < -0.39 is 0 Å². The first-order valence-corrected chi connectivity index (χ1v) is 4.34. The lowest BCUT2D eigenvalue weighted by Crippen LogP contribution is -2.16. The number of carbonyl (C=O) groups is 1. The van der Waals surface area contributed by atoms with Crippen LogP contribution in [0.4, 0.5) is 0 Å². The Labute approximate surface area is 81.9 Å². The Balaban J connectivity index is 2.70. The van der Waals surface area contributed by atoms with Gasteiger partial charge in [0.1, 0.15) is 0 Å². The van der Waals surface area contributed by atoms with E-state index in [1.54, 1.807) is 19.1 Å². The fourth-order valence-corrected chi connectivity index (χ4v) is 1.57. The molecule has 0 atom stereocenters. The number of Topliss-reactive ketones (excluding diaryl/α,β-unsaturated/α-hetero) is 1. The lowest BCUT2D eigenvalue weighted by Gasteiger charge is -2.13. The summed E-state index contributed by atoms with van der Waals surface area (Å²) >= 11 is 0. The van der Waals surface area contributed by atoms with Gasteiger partial charge in [-0.2, -0.15) is 5.10 Å². The fourth-order valence-electron chi connectivity index (χ4n) is 1.57. The van der Waals surface area contributed by atoms with Gasteiger partial charge in [-0.05, 0) is 18.6 Å². The van der Waals surface area contributed by atoms with Crippen LogP contribution in [0.25, 0.3) is 0 Å². The number of benzene rings is 1. The number of fused-ring (bicyclic) bond motifs is 1. The lowest BCUT2D eigenvalue weighted by molar-refractivity contribution is 0.103. The Hall–Kier alpha value is -1.90. The van der Waals surface area contributed by atoms with Crippen LogP contribution in [0.2, 0.25) is 0 Å². The summed E-state index contributed by atoms with van der Waals surface area (Å²) in [6.07, 6.45) is 1.71. The Bertz CT molecular complexity index is 458. The third kappa shape index (κ3) is 1.14. The van der Waals surface area contributed by atoms with Crippen LogP contribution in [0, 0.1) is 0 Å². The monoisotopic (exact) mass is 186 g/mol. The van der Waals surface area contributed by atoms with Crippen LogP contribution in [0.1, 0.15) is 22.8 Å². The van der Waals surface area contributed by atoms with Crippen molar-refractivity contribution < 1.29 is 4.79 Å². The van der Waals surface area contributed by atoms with Gasteiger partial charge in [0.25, 0.3) is 0 Å². The van der Waals surface area contributed by atoms with Crippen molar-refractivity contribution in [2.45, 2.75) is 6.92 Å². The second-order valence-electron chi connectivity index (χ2n) is 3.22. The number of carbonyl (C=O) groups excluding carboxylic acids is 1. The number of hydrogen-bond donors (Lipinski definition) is 1. The molecule has 0 fully saturated rings. The van der Waals surface area contributed by atoms with Crippen molar-refractivity contribution in [2.24, 2.45) is 10.9 Å². The minimum absolute atomic E-state index is 0.0491. The molecule has 0 unspecified atom stereocenters. The minimum Gasteiger partial charge on any atom is -0.323 e. The van der Waals surface area contributed by atoms with Crippen molar-refractivity contribution in [1.82, 2.24) is 0 Å². The Morgan fingerprint density at radius 1 is 1.21 bits per heavy atom. The van der Waals surface area contributed by atoms with Crippen LogP contribution >= 0.6 is 0 Å². The van der Waals surface area contributed by atoms with E-state index in [9.17, 15) is 4.79 Å². The maximum absolute atomic E-state index is 11.7. The van der Waals surface area contributed by atoms with Gasteiger partial charge in [-0.3, -0.25) is 4.79 Å². The molecule has 2 N–H and O–H groups in total. The van der Waals surface area contributed by atoms with E-state index in [1.807, 2.05) is 18.2 Å². The molecular weight excluding hydrogens is 176 g/mol. The molecule has 0 saturated carbocycles. The maximum Gasteiger partial charge on any atom is 0.189 e. The van der Waals surface area contributed by atoms with Crippen molar-refractivity contribution in [3.8, 4) is 0 Å². The Morgan fingerprint density at radius 3 is 2.50 bits per heavy atom. The summed E-state index contributed by atoms with van der Waals surface area (Å²) in [5, 5.41) is 3.66. The molecule has 0 saturated heterocycles. The zero-order valence-electron chi connectivity index (χ0n) is 7.82. The van der Waals surface area contributed by atoms with Crippen molar-refractivity contribution in [1.29, 1.82) is 0 Å². The van der Waals surface area contributed by atoms with Crippen molar-refractivity contribution >= 4 is 11.5 Å². The second kappa shape index (κ2) is 3.10. The van der Waals surface area contributed by atoms with E-state index in [1.165, 1.54) is 0 Å². The summed E-state index contributed by atoms with van der Waals surface area (Å²) in [4.78, 5) is 11.7. The van der Waals surface area contributed by atoms with Crippen LogP contribution in [-0.2, 0) is 0 Å². The molecule has 0 spiro atoms. The molecule has 0 aliphatic heterocycles. The third-order valence-electron chi connectivity index (χ3n) is 2.30. The smallest absolute Gasteiger partial charge is 0.189 e. The van der Waals surface area contributed by atoms with Crippen LogP contribution in [0.3, 0.4) is 0 Å². The number of hydrogen-bond acceptors (Lipinski definition) is 3. The standard InChI is InChI=1S/C11H10N2O/c1-7-6-10(13-12)8-4-2-3-5-9(8)11(7)14/h2-6H,12H2,1H3/b13-10+. The molecule has 1 aromatic carbocycles. The quantitative estimate of drug-likeness (QED) is 0.493. The highest BCUT2D eigenvalue weighted by molar-refractivity contribution is 6.25. The average Bonchev–Trinajstić information content (AvgIpc) is 2.23. The molecule has 1 aromatic rings. The molecular formula is C11H10N2O. The molecule has 0 bridgehead atoms. The SMILES string of the molecule is CC1=C/C(=N\N)c2ccccc2C1=O. The summed E-state index contributed by atoms with van der Waals surface area (Å²) in [5.74, 6) is 5.31. The van der Waals surface area contributed by atoms with Crippen LogP contribution in [0.5, 0.6) is 0 Å². The number of allylic oxidation sites excluding steroid dienone is 2. The predicted octanol–water partition coefficient (Wildman–Crippen LogP) is 1.49. The van der Waals surface area contributed by atoms with Gasteiger partial charge < -0.3 is 5.84 Å². The largest absolute Gasteiger partial charge is 0.323 e. The number of ketones is 1. The molecule has 0 heterocycles. The summed E-state index contributed by atoms with van der Waals surface area (Å²) < 4.78 is 0. The first kappa shape index (κ1) is 8.69. The topological polar surface area (TPSA) is 55.4 Å². The zero-order valence-corrected chi connectivity index (χ0v) is 7.82. The number of hydrazone groups is 1. The van der Waals surface area contributed by atoms with Crippen LogP contribution in [0.15, 0.2) is 41.0 Å². The number of nitrogens with zero attached hydrogens (tertiary/aromatic N) is 1. The van der Waals surface area contributed by atoms with Gasteiger partial charge in [0.05, 0.1) is 5.71 Å². The Kier molecular flexibility index (Phi) is 1.93. The summed E-state index contributed by atoms with van der Waals surface area (Å²) in [6, 6.07) is 7.34. The molecule has 1 aliphatic carbocycles. The minimum atomic E-state index is 0.0491. The summed E-state index contributed by atoms with van der Waals surface area (Å²) in [6.45, 7) is 1.77. The first-order valence-electron chi connectivity index (χ1n) is 4.34. The van der Waals surface area contributed by atoms with Crippen molar-refractivity contribution in [3.05, 3.63) is 47.0 Å². The molecule has 0 amide bonds. The molecule has 14 heavy (non-hydrogen) atoms. The fraction of sp³-hybridized carbons (Fsp3) is 0.0909. The van der Waals surface area contributed by atoms with E-state index >= 15 is 0 Å². The van der Waals surface area contributed by atoms with Crippen LogP contribution < -0.4 is 5.84 Å². The molecule has 2 rings (SSSR count). The van der Waals surface area contributed by atoms with Gasteiger partial charge in [-0.25, -0.2) is 0 Å². The van der Waals surface area contributed by atoms with Crippen molar-refractivity contribution in [2.75, 3.05) is 0 Å². The average molecular weight is 186 g/mol. The highest BCUT2D eigenvalue weighted by Crippen LogP contribution is 2.20. The van der Waals surface area contributed by atoms with E-state index in [2.05, 4.69) is 5.10 Å². The maximum atomic E-state index is 11.7.